The number of benzene rings is 2. The molecule has 0 bridgehead atoms. The Morgan fingerprint density at radius 1 is 1.00 bits per heavy atom. The topological polar surface area (TPSA) is 73.1 Å². The van der Waals surface area contributed by atoms with Crippen LogP contribution in [0.3, 0.4) is 0 Å². The van der Waals surface area contributed by atoms with E-state index in [0.29, 0.717) is 11.3 Å². The van der Waals surface area contributed by atoms with Gasteiger partial charge in [0.15, 0.2) is 0 Å². The summed E-state index contributed by atoms with van der Waals surface area (Å²) in [5.74, 6) is 0.530. The Bertz CT molecular complexity index is 697. The van der Waals surface area contributed by atoms with Gasteiger partial charge < -0.3 is 9.84 Å². The van der Waals surface area contributed by atoms with Crippen molar-refractivity contribution >= 4 is 0 Å². The second-order valence-electron chi connectivity index (χ2n) is 4.08. The van der Waals surface area contributed by atoms with E-state index in [1.807, 2.05) is 42.5 Å². The van der Waals surface area contributed by atoms with Crippen LogP contribution in [0.5, 0.6) is 11.8 Å². The summed E-state index contributed by atoms with van der Waals surface area (Å²) >= 11 is 0. The highest BCUT2D eigenvalue weighted by atomic mass is 16.5. The molecule has 3 rings (SSSR count). The third kappa shape index (κ3) is 2.36. The van der Waals surface area contributed by atoms with E-state index in [4.69, 9.17) is 4.74 Å². The Hall–Kier alpha value is -2.73. The molecule has 0 aliphatic carbocycles. The van der Waals surface area contributed by atoms with Crippen LogP contribution in [0.25, 0.3) is 5.69 Å². The van der Waals surface area contributed by atoms with Crippen LogP contribution < -0.4 is 4.74 Å². The molecule has 6 nitrogen and oxygen atoms in total. The SMILES string of the molecule is OCc1ccccc1Oc1nnnn1-c1ccccc1. The minimum absolute atomic E-state index is 0.108. The van der Waals surface area contributed by atoms with Gasteiger partial charge >= 0.3 is 6.01 Å². The first-order valence-electron chi connectivity index (χ1n) is 6.09. The Morgan fingerprint density at radius 2 is 1.75 bits per heavy atom. The van der Waals surface area contributed by atoms with Gasteiger partial charge in [0.2, 0.25) is 0 Å². The molecule has 0 fully saturated rings. The lowest BCUT2D eigenvalue weighted by molar-refractivity contribution is 0.275. The van der Waals surface area contributed by atoms with Gasteiger partial charge in [0.1, 0.15) is 5.75 Å². The first-order valence-corrected chi connectivity index (χ1v) is 6.09. The molecular formula is C14H12N4O2. The fourth-order valence-electron chi connectivity index (χ4n) is 1.81. The number of hydrogen-bond acceptors (Lipinski definition) is 5. The van der Waals surface area contributed by atoms with Crippen LogP contribution in [0, 0.1) is 0 Å². The molecule has 6 heteroatoms. The molecule has 0 aliphatic rings. The van der Waals surface area contributed by atoms with Crippen LogP contribution in [-0.4, -0.2) is 25.3 Å². The summed E-state index contributed by atoms with van der Waals surface area (Å²) in [4.78, 5) is 0. The lowest BCUT2D eigenvalue weighted by atomic mass is 10.2. The van der Waals surface area contributed by atoms with Gasteiger partial charge in [-0.25, -0.2) is 0 Å². The molecule has 0 saturated heterocycles. The van der Waals surface area contributed by atoms with Crippen LogP contribution in [0.2, 0.25) is 0 Å². The van der Waals surface area contributed by atoms with Gasteiger partial charge in [-0.2, -0.15) is 4.68 Å². The molecular weight excluding hydrogens is 256 g/mol. The fourth-order valence-corrected chi connectivity index (χ4v) is 1.81. The highest BCUT2D eigenvalue weighted by Crippen LogP contribution is 2.24. The second kappa shape index (κ2) is 5.50. The number of aromatic nitrogens is 4. The van der Waals surface area contributed by atoms with Crippen molar-refractivity contribution in [2.75, 3.05) is 0 Å². The van der Waals surface area contributed by atoms with E-state index in [0.717, 1.165) is 5.69 Å². The number of aliphatic hydroxyl groups excluding tert-OH is 1. The molecule has 1 aromatic heterocycles. The van der Waals surface area contributed by atoms with Gasteiger partial charge in [-0.1, -0.05) is 41.5 Å². The number of tetrazole rings is 1. The predicted octanol–water partition coefficient (Wildman–Crippen LogP) is 1.95. The Labute approximate surface area is 115 Å². The van der Waals surface area contributed by atoms with Gasteiger partial charge in [0, 0.05) is 5.56 Å². The van der Waals surface area contributed by atoms with Crippen molar-refractivity contribution < 1.29 is 9.84 Å². The molecule has 0 spiro atoms. The number of rotatable bonds is 4. The Balaban J connectivity index is 1.95. The first-order chi connectivity index (χ1) is 9.88. The first kappa shape index (κ1) is 12.3. The van der Waals surface area contributed by atoms with Crippen molar-refractivity contribution in [2.45, 2.75) is 6.61 Å². The third-order valence-electron chi connectivity index (χ3n) is 2.79. The van der Waals surface area contributed by atoms with Crippen molar-refractivity contribution in [1.29, 1.82) is 0 Å². The molecule has 1 heterocycles. The van der Waals surface area contributed by atoms with E-state index in [-0.39, 0.29) is 12.6 Å². The van der Waals surface area contributed by atoms with Gasteiger partial charge in [-0.3, -0.25) is 0 Å². The van der Waals surface area contributed by atoms with Gasteiger partial charge in [0.05, 0.1) is 12.3 Å². The fraction of sp³-hybridized carbons (Fsp3) is 0.0714. The molecule has 0 atom stereocenters. The summed E-state index contributed by atoms with van der Waals surface area (Å²) in [5.41, 5.74) is 1.48. The molecule has 20 heavy (non-hydrogen) atoms. The van der Waals surface area contributed by atoms with E-state index < -0.39 is 0 Å². The average Bonchev–Trinajstić information content (AvgIpc) is 2.97. The van der Waals surface area contributed by atoms with Gasteiger partial charge in [-0.05, 0) is 28.6 Å². The molecule has 2 aromatic carbocycles. The van der Waals surface area contributed by atoms with E-state index in [1.54, 1.807) is 12.1 Å². The van der Waals surface area contributed by atoms with E-state index in [9.17, 15) is 5.11 Å². The lowest BCUT2D eigenvalue weighted by Gasteiger charge is -2.08. The zero-order valence-electron chi connectivity index (χ0n) is 10.5. The maximum Gasteiger partial charge on any atom is 0.345 e. The maximum atomic E-state index is 9.29. The largest absolute Gasteiger partial charge is 0.423 e. The zero-order valence-corrected chi connectivity index (χ0v) is 10.5. The monoisotopic (exact) mass is 268 g/mol. The van der Waals surface area contributed by atoms with E-state index in [2.05, 4.69) is 15.5 Å². The van der Waals surface area contributed by atoms with Crippen molar-refractivity contribution in [1.82, 2.24) is 20.2 Å². The summed E-state index contributed by atoms with van der Waals surface area (Å²) in [7, 11) is 0. The summed E-state index contributed by atoms with van der Waals surface area (Å²) in [6.07, 6.45) is 0. The predicted molar refractivity (Wildman–Crippen MR) is 71.6 cm³/mol. The summed E-state index contributed by atoms with van der Waals surface area (Å²) in [6, 6.07) is 16.9. The second-order valence-corrected chi connectivity index (χ2v) is 4.08. The summed E-state index contributed by atoms with van der Waals surface area (Å²) in [5, 5.41) is 20.7. The minimum Gasteiger partial charge on any atom is -0.423 e. The van der Waals surface area contributed by atoms with Crippen LogP contribution in [0.15, 0.2) is 54.6 Å². The van der Waals surface area contributed by atoms with Crippen LogP contribution in [0.4, 0.5) is 0 Å². The normalized spacial score (nSPS) is 10.4. The van der Waals surface area contributed by atoms with Gasteiger partial charge in [-0.15, -0.1) is 0 Å². The zero-order chi connectivity index (χ0) is 13.8. The molecule has 0 unspecified atom stereocenters. The highest BCUT2D eigenvalue weighted by Gasteiger charge is 2.12. The summed E-state index contributed by atoms with van der Waals surface area (Å²) < 4.78 is 7.19. The average molecular weight is 268 g/mol. The number of para-hydroxylation sites is 2. The Kier molecular flexibility index (Phi) is 3.38. The van der Waals surface area contributed by atoms with Crippen molar-refractivity contribution in [2.24, 2.45) is 0 Å². The summed E-state index contributed by atoms with van der Waals surface area (Å²) in [6.45, 7) is -0.108. The number of ether oxygens (including phenoxy) is 1. The molecule has 0 amide bonds. The highest BCUT2D eigenvalue weighted by molar-refractivity contribution is 5.36. The Morgan fingerprint density at radius 3 is 2.55 bits per heavy atom. The van der Waals surface area contributed by atoms with Crippen molar-refractivity contribution in [3.8, 4) is 17.4 Å². The quantitative estimate of drug-likeness (QED) is 0.783. The van der Waals surface area contributed by atoms with Crippen LogP contribution in [-0.2, 0) is 6.61 Å². The third-order valence-corrected chi connectivity index (χ3v) is 2.79. The van der Waals surface area contributed by atoms with E-state index >= 15 is 0 Å². The molecule has 1 N–H and O–H groups in total. The van der Waals surface area contributed by atoms with Crippen molar-refractivity contribution in [3.63, 3.8) is 0 Å². The van der Waals surface area contributed by atoms with Crippen LogP contribution >= 0.6 is 0 Å². The lowest BCUT2D eigenvalue weighted by Crippen LogP contribution is -2.01. The molecule has 0 saturated carbocycles. The van der Waals surface area contributed by atoms with E-state index in [1.165, 1.54) is 4.68 Å². The number of nitrogens with zero attached hydrogens (tertiary/aromatic N) is 4. The molecule has 100 valence electrons. The van der Waals surface area contributed by atoms with Crippen LogP contribution in [0.1, 0.15) is 5.56 Å². The van der Waals surface area contributed by atoms with Gasteiger partial charge in [0.25, 0.3) is 0 Å². The number of hydrogen-bond donors (Lipinski definition) is 1. The minimum atomic E-state index is -0.108. The molecule has 0 aliphatic heterocycles. The standard InChI is InChI=1S/C14H12N4O2/c19-10-11-6-4-5-9-13(11)20-14-15-16-17-18(14)12-7-2-1-3-8-12/h1-9,19H,10H2. The molecule has 0 radical (unpaired) electrons. The smallest absolute Gasteiger partial charge is 0.345 e. The maximum absolute atomic E-state index is 9.29. The molecule has 3 aromatic rings. The number of aliphatic hydroxyl groups is 1. The van der Waals surface area contributed by atoms with Crippen molar-refractivity contribution in [3.05, 3.63) is 60.2 Å².